The highest BCUT2D eigenvalue weighted by atomic mass is 19.1. The van der Waals surface area contributed by atoms with Gasteiger partial charge in [0.05, 0.1) is 5.56 Å². The van der Waals surface area contributed by atoms with Crippen molar-refractivity contribution >= 4 is 5.96 Å². The molecule has 1 unspecified atom stereocenters. The van der Waals surface area contributed by atoms with E-state index in [9.17, 15) is 4.39 Å². The fourth-order valence-electron chi connectivity index (χ4n) is 4.72. The monoisotopic (exact) mass is 445 g/mol. The highest BCUT2D eigenvalue weighted by Gasteiger charge is 2.43. The Morgan fingerprint density at radius 2 is 1.82 bits per heavy atom. The first kappa shape index (κ1) is 21.5. The third kappa shape index (κ3) is 4.18. The molecular formula is C27H28FN3O2. The summed E-state index contributed by atoms with van der Waals surface area (Å²) >= 11 is 0. The molecule has 2 aliphatic heterocycles. The molecule has 0 fully saturated rings. The lowest BCUT2D eigenvalue weighted by atomic mass is 9.92. The van der Waals surface area contributed by atoms with Crippen LogP contribution in [0.3, 0.4) is 0 Å². The SMILES string of the molecule is Cc1cc(F)cc(-c2ccc3c(c2)C2(CCCCc4ccccc4CO3)N=C(N)N(C)O2)c1. The third-order valence-corrected chi connectivity index (χ3v) is 6.39. The lowest BCUT2D eigenvalue weighted by Crippen LogP contribution is -2.32. The largest absolute Gasteiger partial charge is 0.488 e. The molecule has 0 radical (unpaired) electrons. The average molecular weight is 446 g/mol. The molecule has 0 aromatic heterocycles. The zero-order valence-electron chi connectivity index (χ0n) is 19.0. The van der Waals surface area contributed by atoms with Crippen molar-refractivity contribution in [1.29, 1.82) is 0 Å². The number of fused-ring (bicyclic) bond motifs is 3. The van der Waals surface area contributed by atoms with E-state index in [-0.39, 0.29) is 5.82 Å². The number of guanidine groups is 1. The predicted octanol–water partition coefficient (Wildman–Crippen LogP) is 5.45. The van der Waals surface area contributed by atoms with Gasteiger partial charge in [-0.15, -0.1) is 0 Å². The van der Waals surface area contributed by atoms with Crippen LogP contribution in [0.1, 0.15) is 41.5 Å². The third-order valence-electron chi connectivity index (χ3n) is 6.39. The Morgan fingerprint density at radius 3 is 2.58 bits per heavy atom. The van der Waals surface area contributed by atoms with Gasteiger partial charge in [0.15, 0.2) is 0 Å². The first-order valence-corrected chi connectivity index (χ1v) is 11.3. The molecule has 0 saturated carbocycles. The van der Waals surface area contributed by atoms with E-state index in [1.54, 1.807) is 13.1 Å². The molecule has 3 aromatic carbocycles. The van der Waals surface area contributed by atoms with Gasteiger partial charge in [0.1, 0.15) is 18.2 Å². The number of hydrogen-bond donors (Lipinski definition) is 1. The van der Waals surface area contributed by atoms with E-state index in [1.165, 1.54) is 22.3 Å². The number of benzene rings is 3. The molecular weight excluding hydrogens is 417 g/mol. The first-order chi connectivity index (χ1) is 15.9. The van der Waals surface area contributed by atoms with Gasteiger partial charge >= 0.3 is 0 Å². The number of hydrogen-bond acceptors (Lipinski definition) is 5. The van der Waals surface area contributed by atoms with Gasteiger partial charge in [0, 0.05) is 13.5 Å². The fraction of sp³-hybridized carbons (Fsp3) is 0.296. The standard InChI is InChI=1S/C27H28FN3O2/c1-18-13-22(15-23(28)14-18)20-10-11-25-24(16-20)27(30-26(29)31(2)33-27)12-6-5-8-19-7-3-4-9-21(19)17-32-25/h3-4,7,9-11,13-16H,5-6,8,12,17H2,1-2H3,(H2,29,30). The number of aryl methyl sites for hydroxylation is 2. The summed E-state index contributed by atoms with van der Waals surface area (Å²) in [6.45, 7) is 2.34. The Bertz CT molecular complexity index is 1210. The maximum atomic E-state index is 14.2. The number of nitrogens with zero attached hydrogens (tertiary/aromatic N) is 2. The Hall–Kier alpha value is -3.38. The van der Waals surface area contributed by atoms with Crippen LogP contribution in [0.4, 0.5) is 4.39 Å². The van der Waals surface area contributed by atoms with Gasteiger partial charge in [-0.2, -0.15) is 0 Å². The molecule has 1 spiro atoms. The average Bonchev–Trinajstić information content (AvgIpc) is 3.08. The first-order valence-electron chi connectivity index (χ1n) is 11.3. The summed E-state index contributed by atoms with van der Waals surface area (Å²) in [5, 5.41) is 1.51. The van der Waals surface area contributed by atoms with Crippen molar-refractivity contribution < 1.29 is 14.0 Å². The summed E-state index contributed by atoms with van der Waals surface area (Å²) in [4.78, 5) is 11.0. The summed E-state index contributed by atoms with van der Waals surface area (Å²) in [7, 11) is 1.76. The van der Waals surface area contributed by atoms with Crippen LogP contribution in [0.25, 0.3) is 11.1 Å². The maximum Gasteiger partial charge on any atom is 0.218 e. The van der Waals surface area contributed by atoms with E-state index in [0.29, 0.717) is 24.7 Å². The van der Waals surface area contributed by atoms with Crippen LogP contribution in [0, 0.1) is 12.7 Å². The van der Waals surface area contributed by atoms with Gasteiger partial charge in [-0.25, -0.2) is 19.3 Å². The molecule has 0 saturated heterocycles. The highest BCUT2D eigenvalue weighted by molar-refractivity contribution is 5.79. The van der Waals surface area contributed by atoms with Crippen LogP contribution in [0.2, 0.25) is 0 Å². The van der Waals surface area contributed by atoms with Crippen LogP contribution in [-0.2, 0) is 23.6 Å². The zero-order valence-corrected chi connectivity index (χ0v) is 19.0. The number of nitrogens with two attached hydrogens (primary N) is 1. The Balaban J connectivity index is 1.64. The molecule has 2 N–H and O–H groups in total. The maximum absolute atomic E-state index is 14.2. The van der Waals surface area contributed by atoms with Gasteiger partial charge in [-0.05, 0) is 78.3 Å². The fourth-order valence-corrected chi connectivity index (χ4v) is 4.72. The predicted molar refractivity (Wildman–Crippen MR) is 127 cm³/mol. The van der Waals surface area contributed by atoms with Crippen LogP contribution in [-0.4, -0.2) is 18.1 Å². The van der Waals surface area contributed by atoms with Gasteiger partial charge in [0.25, 0.3) is 0 Å². The van der Waals surface area contributed by atoms with Crippen molar-refractivity contribution in [1.82, 2.24) is 5.06 Å². The number of halogens is 1. The van der Waals surface area contributed by atoms with Crippen molar-refractivity contribution in [2.24, 2.45) is 10.7 Å². The van der Waals surface area contributed by atoms with Crippen LogP contribution >= 0.6 is 0 Å². The number of ether oxygens (including phenoxy) is 1. The van der Waals surface area contributed by atoms with Gasteiger partial charge in [0.2, 0.25) is 11.7 Å². The summed E-state index contributed by atoms with van der Waals surface area (Å²) in [6, 6.07) is 19.3. The topological polar surface area (TPSA) is 60.1 Å². The summed E-state index contributed by atoms with van der Waals surface area (Å²) in [5.74, 6) is 0.754. The summed E-state index contributed by atoms with van der Waals surface area (Å²) in [5.41, 5.74) is 11.0. The molecule has 2 aliphatic rings. The highest BCUT2D eigenvalue weighted by Crippen LogP contribution is 2.44. The molecule has 33 heavy (non-hydrogen) atoms. The molecule has 0 aliphatic carbocycles. The van der Waals surface area contributed by atoms with Gasteiger partial charge in [-0.3, -0.25) is 0 Å². The normalized spacial score (nSPS) is 20.5. The summed E-state index contributed by atoms with van der Waals surface area (Å²) < 4.78 is 20.5. The molecule has 170 valence electrons. The van der Waals surface area contributed by atoms with E-state index < -0.39 is 5.72 Å². The van der Waals surface area contributed by atoms with Gasteiger partial charge < -0.3 is 10.5 Å². The van der Waals surface area contributed by atoms with Crippen molar-refractivity contribution in [2.75, 3.05) is 7.05 Å². The summed E-state index contributed by atoms with van der Waals surface area (Å²) in [6.07, 6.45) is 3.53. The number of aliphatic imine (C=N–C) groups is 1. The molecule has 3 aromatic rings. The number of hydroxylamine groups is 2. The van der Waals surface area contributed by atoms with Crippen molar-refractivity contribution in [3.63, 3.8) is 0 Å². The minimum atomic E-state index is -0.983. The molecule has 5 nitrogen and oxygen atoms in total. The quantitative estimate of drug-likeness (QED) is 0.541. The Morgan fingerprint density at radius 1 is 1.00 bits per heavy atom. The minimum absolute atomic E-state index is 0.261. The lowest BCUT2D eigenvalue weighted by Gasteiger charge is -2.28. The Kier molecular flexibility index (Phi) is 5.54. The van der Waals surface area contributed by atoms with Crippen LogP contribution < -0.4 is 10.5 Å². The van der Waals surface area contributed by atoms with E-state index in [2.05, 4.69) is 18.2 Å². The van der Waals surface area contributed by atoms with E-state index >= 15 is 0 Å². The number of rotatable bonds is 1. The molecule has 0 amide bonds. The van der Waals surface area contributed by atoms with Crippen molar-refractivity contribution in [2.45, 2.75) is 44.9 Å². The second kappa shape index (κ2) is 8.52. The lowest BCUT2D eigenvalue weighted by molar-refractivity contribution is -0.177. The molecule has 5 rings (SSSR count). The van der Waals surface area contributed by atoms with Gasteiger partial charge in [-0.1, -0.05) is 36.4 Å². The second-order valence-electron chi connectivity index (χ2n) is 8.84. The van der Waals surface area contributed by atoms with Crippen LogP contribution in [0.15, 0.2) is 65.7 Å². The minimum Gasteiger partial charge on any atom is -0.488 e. The van der Waals surface area contributed by atoms with E-state index in [0.717, 1.165) is 41.5 Å². The van der Waals surface area contributed by atoms with Crippen molar-refractivity contribution in [3.8, 4) is 16.9 Å². The second-order valence-corrected chi connectivity index (χ2v) is 8.84. The van der Waals surface area contributed by atoms with E-state index in [1.807, 2.05) is 37.3 Å². The van der Waals surface area contributed by atoms with Crippen molar-refractivity contribution in [3.05, 3.63) is 88.7 Å². The molecule has 6 heteroatoms. The molecule has 2 heterocycles. The smallest absolute Gasteiger partial charge is 0.218 e. The van der Waals surface area contributed by atoms with E-state index in [4.69, 9.17) is 20.3 Å². The zero-order chi connectivity index (χ0) is 23.0. The Labute approximate surface area is 193 Å². The molecule has 1 atom stereocenters. The molecule has 0 bridgehead atoms. The van der Waals surface area contributed by atoms with Crippen LogP contribution in [0.5, 0.6) is 5.75 Å².